The average Bonchev–Trinajstić information content (AvgIpc) is 2.77. The van der Waals surface area contributed by atoms with Crippen LogP contribution in [0.4, 0.5) is 11.4 Å². The molecule has 0 heterocycles. The highest BCUT2D eigenvalue weighted by molar-refractivity contribution is 7.80. The van der Waals surface area contributed by atoms with Crippen molar-refractivity contribution in [3.63, 3.8) is 0 Å². The first-order valence-corrected chi connectivity index (χ1v) is 9.55. The molecule has 30 heavy (non-hydrogen) atoms. The van der Waals surface area contributed by atoms with Crippen LogP contribution < -0.4 is 20.1 Å². The maximum Gasteiger partial charge on any atom is 0.196 e. The van der Waals surface area contributed by atoms with E-state index < -0.39 is 0 Å². The lowest BCUT2D eigenvalue weighted by molar-refractivity contribution is 0.0979. The lowest BCUT2D eigenvalue weighted by Crippen LogP contribution is -2.25. The molecular formula is C23H18N2O4S. The van der Waals surface area contributed by atoms with Crippen molar-refractivity contribution >= 4 is 40.3 Å². The Balaban J connectivity index is 1.62. The Labute approximate surface area is 178 Å². The molecular weight excluding hydrogens is 400 g/mol. The van der Waals surface area contributed by atoms with Crippen LogP contribution >= 0.6 is 12.2 Å². The Morgan fingerprint density at radius 3 is 2.13 bits per heavy atom. The van der Waals surface area contributed by atoms with Crippen LogP contribution in [0.15, 0.2) is 60.7 Å². The first-order chi connectivity index (χ1) is 14.5. The van der Waals surface area contributed by atoms with Gasteiger partial charge in [0.15, 0.2) is 28.2 Å². The first kappa shape index (κ1) is 19.6. The number of carbonyl (C=O) groups excluding carboxylic acids is 2. The van der Waals surface area contributed by atoms with Gasteiger partial charge in [0.2, 0.25) is 0 Å². The second-order valence-corrected chi connectivity index (χ2v) is 6.99. The average molecular weight is 418 g/mol. The highest BCUT2D eigenvalue weighted by Crippen LogP contribution is 2.33. The fourth-order valence-corrected chi connectivity index (χ4v) is 3.68. The van der Waals surface area contributed by atoms with Crippen molar-refractivity contribution in [2.24, 2.45) is 0 Å². The zero-order valence-electron chi connectivity index (χ0n) is 16.3. The number of methoxy groups -OCH3 is 2. The van der Waals surface area contributed by atoms with Crippen LogP contribution in [0, 0.1) is 0 Å². The van der Waals surface area contributed by atoms with Crippen LogP contribution in [0.3, 0.4) is 0 Å². The summed E-state index contributed by atoms with van der Waals surface area (Å²) in [5.41, 5.74) is 2.64. The molecule has 3 aromatic rings. The minimum atomic E-state index is -0.211. The maximum absolute atomic E-state index is 13.1. The molecule has 0 atom stereocenters. The molecule has 0 unspecified atom stereocenters. The highest BCUT2D eigenvalue weighted by Gasteiger charge is 2.31. The summed E-state index contributed by atoms with van der Waals surface area (Å²) in [6.07, 6.45) is 0. The summed E-state index contributed by atoms with van der Waals surface area (Å²) >= 11 is 5.42. The van der Waals surface area contributed by atoms with E-state index in [4.69, 9.17) is 21.7 Å². The van der Waals surface area contributed by atoms with E-state index in [1.807, 2.05) is 0 Å². The van der Waals surface area contributed by atoms with Gasteiger partial charge in [0.25, 0.3) is 0 Å². The topological polar surface area (TPSA) is 76.7 Å². The largest absolute Gasteiger partial charge is 0.493 e. The van der Waals surface area contributed by atoms with E-state index in [0.29, 0.717) is 45.1 Å². The summed E-state index contributed by atoms with van der Waals surface area (Å²) in [5.74, 6) is 0.765. The molecule has 0 spiro atoms. The summed E-state index contributed by atoms with van der Waals surface area (Å²) in [7, 11) is 3.11. The van der Waals surface area contributed by atoms with Gasteiger partial charge >= 0.3 is 0 Å². The van der Waals surface area contributed by atoms with Gasteiger partial charge in [-0.05, 0) is 30.4 Å². The summed E-state index contributed by atoms with van der Waals surface area (Å²) < 4.78 is 10.5. The van der Waals surface area contributed by atoms with Crippen molar-refractivity contribution in [2.45, 2.75) is 0 Å². The van der Waals surface area contributed by atoms with Gasteiger partial charge in [-0.15, -0.1) is 0 Å². The molecule has 0 saturated carbocycles. The van der Waals surface area contributed by atoms with Gasteiger partial charge < -0.3 is 20.1 Å². The normalized spacial score (nSPS) is 11.9. The van der Waals surface area contributed by atoms with Crippen molar-refractivity contribution in [3.8, 4) is 11.5 Å². The first-order valence-electron chi connectivity index (χ1n) is 9.15. The second kappa shape index (κ2) is 7.96. The Bertz CT molecular complexity index is 1190. The molecule has 0 bridgehead atoms. The van der Waals surface area contributed by atoms with Gasteiger partial charge in [-0.1, -0.05) is 36.4 Å². The Kier molecular flexibility index (Phi) is 5.20. The zero-order valence-corrected chi connectivity index (χ0v) is 17.1. The molecule has 0 fully saturated rings. The number of hydrogen-bond acceptors (Lipinski definition) is 5. The number of ketones is 2. The van der Waals surface area contributed by atoms with Gasteiger partial charge in [0, 0.05) is 28.4 Å². The van der Waals surface area contributed by atoms with Crippen molar-refractivity contribution < 1.29 is 19.1 Å². The Morgan fingerprint density at radius 1 is 0.767 bits per heavy atom. The third kappa shape index (κ3) is 3.40. The molecule has 1 aliphatic rings. The minimum absolute atomic E-state index is 0.178. The number of rotatable bonds is 4. The number of ether oxygens (including phenoxy) is 2. The SMILES string of the molecule is COc1ccc(NC(=S)Nc2cccc3c2C(=O)c2ccccc2C3=O)cc1OC. The number of thiocarbonyl (C=S) groups is 1. The molecule has 0 saturated heterocycles. The summed E-state index contributed by atoms with van der Waals surface area (Å²) in [4.78, 5) is 25.9. The quantitative estimate of drug-likeness (QED) is 0.479. The molecule has 7 heteroatoms. The zero-order chi connectivity index (χ0) is 21.3. The lowest BCUT2D eigenvalue weighted by atomic mass is 9.83. The number of benzene rings is 3. The van der Waals surface area contributed by atoms with Crippen LogP contribution in [-0.2, 0) is 0 Å². The smallest absolute Gasteiger partial charge is 0.196 e. The maximum atomic E-state index is 13.1. The van der Waals surface area contributed by atoms with Gasteiger partial charge in [0.1, 0.15) is 0 Å². The van der Waals surface area contributed by atoms with E-state index in [0.717, 1.165) is 0 Å². The number of hydrogen-bond donors (Lipinski definition) is 2. The second-order valence-electron chi connectivity index (χ2n) is 6.58. The van der Waals surface area contributed by atoms with Crippen molar-refractivity contribution in [3.05, 3.63) is 82.9 Å². The summed E-state index contributed by atoms with van der Waals surface area (Å²) in [5, 5.41) is 6.37. The monoisotopic (exact) mass is 418 g/mol. The van der Waals surface area contributed by atoms with Gasteiger partial charge in [-0.25, -0.2) is 0 Å². The molecule has 1 aliphatic carbocycles. The van der Waals surface area contributed by atoms with Crippen LogP contribution in [0.2, 0.25) is 0 Å². The van der Waals surface area contributed by atoms with E-state index in [1.54, 1.807) is 74.9 Å². The highest BCUT2D eigenvalue weighted by atomic mass is 32.1. The number of fused-ring (bicyclic) bond motifs is 2. The Hall–Kier alpha value is -3.71. The fraction of sp³-hybridized carbons (Fsp3) is 0.0870. The van der Waals surface area contributed by atoms with Gasteiger partial charge in [0.05, 0.1) is 25.5 Å². The Morgan fingerprint density at radius 2 is 1.43 bits per heavy atom. The van der Waals surface area contributed by atoms with Gasteiger partial charge in [-0.3, -0.25) is 9.59 Å². The van der Waals surface area contributed by atoms with E-state index in [2.05, 4.69) is 10.6 Å². The van der Waals surface area contributed by atoms with Crippen LogP contribution in [0.1, 0.15) is 31.8 Å². The number of carbonyl (C=O) groups is 2. The fourth-order valence-electron chi connectivity index (χ4n) is 3.45. The molecule has 6 nitrogen and oxygen atoms in total. The predicted molar refractivity (Wildman–Crippen MR) is 119 cm³/mol. The molecule has 150 valence electrons. The van der Waals surface area contributed by atoms with E-state index in [1.165, 1.54) is 0 Å². The van der Waals surface area contributed by atoms with Crippen molar-refractivity contribution in [1.29, 1.82) is 0 Å². The van der Waals surface area contributed by atoms with Crippen molar-refractivity contribution in [1.82, 2.24) is 0 Å². The van der Waals surface area contributed by atoms with E-state index in [-0.39, 0.29) is 16.7 Å². The molecule has 3 aromatic carbocycles. The lowest BCUT2D eigenvalue weighted by Gasteiger charge is -2.21. The molecule has 0 aliphatic heterocycles. The van der Waals surface area contributed by atoms with E-state index >= 15 is 0 Å². The predicted octanol–water partition coefficient (Wildman–Crippen LogP) is 4.29. The molecule has 2 N–H and O–H groups in total. The third-order valence-electron chi connectivity index (χ3n) is 4.84. The standard InChI is InChI=1S/C23H18N2O4S/c1-28-18-11-10-13(12-19(18)29-2)24-23(30)25-17-9-5-8-16-20(17)22(27)15-7-4-3-6-14(15)21(16)26/h3-12H,1-2H3,(H2,24,25,30). The molecule has 4 rings (SSSR count). The van der Waals surface area contributed by atoms with Crippen LogP contribution in [0.5, 0.6) is 11.5 Å². The summed E-state index contributed by atoms with van der Waals surface area (Å²) in [6, 6.07) is 17.2. The third-order valence-corrected chi connectivity index (χ3v) is 5.05. The molecule has 0 radical (unpaired) electrons. The minimum Gasteiger partial charge on any atom is -0.493 e. The molecule has 0 amide bonds. The van der Waals surface area contributed by atoms with Gasteiger partial charge in [-0.2, -0.15) is 0 Å². The summed E-state index contributed by atoms with van der Waals surface area (Å²) in [6.45, 7) is 0. The van der Waals surface area contributed by atoms with Crippen molar-refractivity contribution in [2.75, 3.05) is 24.9 Å². The number of anilines is 2. The van der Waals surface area contributed by atoms with E-state index in [9.17, 15) is 9.59 Å². The molecule has 0 aromatic heterocycles. The van der Waals surface area contributed by atoms with Crippen LogP contribution in [0.25, 0.3) is 0 Å². The number of nitrogens with one attached hydrogen (secondary N) is 2. The van der Waals surface area contributed by atoms with Crippen LogP contribution in [-0.4, -0.2) is 30.9 Å².